The molecule has 442 valence electrons. The Kier molecular flexibility index (Phi) is 57.1. The van der Waals surface area contributed by atoms with Crippen LogP contribution in [0.4, 0.5) is 0 Å². The molecule has 0 bridgehead atoms. The number of ether oxygens (including phenoxy) is 2. The van der Waals surface area contributed by atoms with Gasteiger partial charge in [-0.2, -0.15) is 0 Å². The van der Waals surface area contributed by atoms with Gasteiger partial charge in [-0.25, -0.2) is 0 Å². The van der Waals surface area contributed by atoms with Crippen LogP contribution in [-0.4, -0.2) is 79.5 Å². The summed E-state index contributed by atoms with van der Waals surface area (Å²) in [6, 6.07) is 0.335. The first kappa shape index (κ1) is 72.8. The number of hydrogen-bond acceptors (Lipinski definition) is 6. The van der Waals surface area contributed by atoms with Crippen molar-refractivity contribution in [3.05, 3.63) is 0 Å². The van der Waals surface area contributed by atoms with Gasteiger partial charge in [0.15, 0.2) is 6.29 Å². The van der Waals surface area contributed by atoms with Crippen LogP contribution in [0.15, 0.2) is 0 Å². The molecule has 0 rings (SSSR count). The molecule has 4 unspecified atom stereocenters. The number of aliphatic hydroxyl groups excluding tert-OH is 1. The maximum absolute atomic E-state index is 14.1. The molecule has 0 aliphatic carbocycles. The summed E-state index contributed by atoms with van der Waals surface area (Å²) in [4.78, 5) is 31.4. The minimum atomic E-state index is -0.628. The van der Waals surface area contributed by atoms with Gasteiger partial charge in [0.05, 0.1) is 13.2 Å². The lowest BCUT2D eigenvalue weighted by molar-refractivity contribution is -0.145. The standard InChI is InChI=1S/C67H134N2O5/c1-8-13-18-23-26-31-38-47-59-69(65(70)55-48-58-68(6)7)64(53-43-34-27-29-36-45-56-66(71)73-60-62(49-39-21-16-11-4)51-41-32-24-19-14-9-2)54-44-35-28-30-37-46-57-67(72)74-61-63(50-40-22-17-12-5)52-42-33-25-20-15-10-3/h62-64,66,71H,8-61H2,1-7H3. The maximum atomic E-state index is 14.1. The number of unbranched alkanes of at least 4 members (excludes halogenated alkanes) is 33. The van der Waals surface area contributed by atoms with Crippen LogP contribution in [0.1, 0.15) is 356 Å². The number of esters is 1. The lowest BCUT2D eigenvalue weighted by Crippen LogP contribution is -2.41. The fraction of sp³-hybridized carbons (Fsp3) is 0.970. The van der Waals surface area contributed by atoms with Crippen molar-refractivity contribution in [2.24, 2.45) is 11.8 Å². The van der Waals surface area contributed by atoms with Gasteiger partial charge in [0.2, 0.25) is 5.91 Å². The third-order valence-electron chi connectivity index (χ3n) is 16.3. The monoisotopic (exact) mass is 1050 g/mol. The van der Waals surface area contributed by atoms with E-state index in [1.54, 1.807) is 0 Å². The van der Waals surface area contributed by atoms with Gasteiger partial charge in [-0.3, -0.25) is 9.59 Å². The zero-order valence-corrected chi connectivity index (χ0v) is 51.5. The highest BCUT2D eigenvalue weighted by atomic mass is 16.6. The van der Waals surface area contributed by atoms with E-state index < -0.39 is 6.29 Å². The van der Waals surface area contributed by atoms with E-state index in [4.69, 9.17) is 9.47 Å². The minimum Gasteiger partial charge on any atom is -0.465 e. The molecule has 0 heterocycles. The summed E-state index contributed by atoms with van der Waals surface area (Å²) >= 11 is 0. The van der Waals surface area contributed by atoms with E-state index in [2.05, 4.69) is 58.5 Å². The Morgan fingerprint density at radius 3 is 1.12 bits per heavy atom. The van der Waals surface area contributed by atoms with Crippen LogP contribution in [-0.2, 0) is 19.1 Å². The zero-order valence-electron chi connectivity index (χ0n) is 51.5. The van der Waals surface area contributed by atoms with Gasteiger partial charge in [0.1, 0.15) is 0 Å². The Labute approximate surface area is 464 Å². The predicted molar refractivity (Wildman–Crippen MR) is 323 cm³/mol. The molecule has 4 atom stereocenters. The Balaban J connectivity index is 5.12. The highest BCUT2D eigenvalue weighted by Crippen LogP contribution is 2.25. The van der Waals surface area contributed by atoms with Crippen molar-refractivity contribution in [3.8, 4) is 0 Å². The largest absolute Gasteiger partial charge is 0.465 e. The number of amides is 1. The molecule has 0 aromatic carbocycles. The molecule has 0 aliphatic rings. The lowest BCUT2D eigenvalue weighted by Gasteiger charge is -2.33. The van der Waals surface area contributed by atoms with Gasteiger partial charge in [0.25, 0.3) is 0 Å². The van der Waals surface area contributed by atoms with Crippen LogP contribution in [0.2, 0.25) is 0 Å². The molecule has 1 amide bonds. The van der Waals surface area contributed by atoms with Crippen LogP contribution < -0.4 is 0 Å². The first-order valence-electron chi connectivity index (χ1n) is 33.6. The summed E-state index contributed by atoms with van der Waals surface area (Å²) in [5, 5.41) is 10.8. The number of rotatable bonds is 61. The highest BCUT2D eigenvalue weighted by molar-refractivity contribution is 5.76. The molecule has 0 saturated heterocycles. The second-order valence-electron chi connectivity index (χ2n) is 24.0. The molecule has 7 heteroatoms. The van der Waals surface area contributed by atoms with Gasteiger partial charge in [-0.05, 0) is 103 Å². The third kappa shape index (κ3) is 50.3. The van der Waals surface area contributed by atoms with Crippen molar-refractivity contribution in [3.63, 3.8) is 0 Å². The molecule has 1 N–H and O–H groups in total. The van der Waals surface area contributed by atoms with Crippen LogP contribution in [0.3, 0.4) is 0 Å². The predicted octanol–water partition coefficient (Wildman–Crippen LogP) is 20.5. The van der Waals surface area contributed by atoms with Crippen molar-refractivity contribution in [1.82, 2.24) is 9.80 Å². The molecule has 74 heavy (non-hydrogen) atoms. The molecular weight excluding hydrogens is 913 g/mol. The van der Waals surface area contributed by atoms with Crippen molar-refractivity contribution in [2.45, 2.75) is 368 Å². The van der Waals surface area contributed by atoms with Crippen LogP contribution in [0, 0.1) is 11.8 Å². The van der Waals surface area contributed by atoms with Crippen LogP contribution in [0.5, 0.6) is 0 Å². The fourth-order valence-electron chi connectivity index (χ4n) is 11.2. The molecular formula is C67H134N2O5. The molecule has 0 aliphatic heterocycles. The van der Waals surface area contributed by atoms with Crippen LogP contribution >= 0.6 is 0 Å². The highest BCUT2D eigenvalue weighted by Gasteiger charge is 2.23. The topological polar surface area (TPSA) is 79.3 Å². The molecule has 0 fully saturated rings. The molecule has 0 saturated carbocycles. The first-order valence-corrected chi connectivity index (χ1v) is 33.6. The summed E-state index contributed by atoms with van der Waals surface area (Å²) in [5.41, 5.74) is 0. The number of carbonyl (C=O) groups is 2. The van der Waals surface area contributed by atoms with Gasteiger partial charge in [-0.15, -0.1) is 0 Å². The van der Waals surface area contributed by atoms with Gasteiger partial charge >= 0.3 is 5.97 Å². The van der Waals surface area contributed by atoms with Gasteiger partial charge in [0, 0.05) is 25.4 Å². The second kappa shape index (κ2) is 58.0. The SMILES string of the molecule is CCCCCCCCCCN(C(=O)CCCN(C)C)C(CCCCCCCCC(=O)OCC(CCCCCC)CCCCCCCC)CCCCCCCCC(O)OCC(CCCCCC)CCCCCCCC. The van der Waals surface area contributed by atoms with Gasteiger partial charge < -0.3 is 24.4 Å². The Morgan fingerprint density at radius 1 is 0.365 bits per heavy atom. The van der Waals surface area contributed by atoms with E-state index in [0.29, 0.717) is 43.2 Å². The molecule has 0 radical (unpaired) electrons. The van der Waals surface area contributed by atoms with E-state index in [0.717, 1.165) is 77.5 Å². The Hall–Kier alpha value is -1.18. The summed E-state index contributed by atoms with van der Waals surface area (Å²) < 4.78 is 12.0. The summed E-state index contributed by atoms with van der Waals surface area (Å²) in [6.07, 6.45) is 59.8. The third-order valence-corrected chi connectivity index (χ3v) is 16.3. The number of aliphatic hydroxyl groups is 1. The second-order valence-corrected chi connectivity index (χ2v) is 24.0. The van der Waals surface area contributed by atoms with Crippen molar-refractivity contribution >= 4 is 11.9 Å². The average Bonchev–Trinajstić information content (AvgIpc) is 3.39. The van der Waals surface area contributed by atoms with E-state index >= 15 is 0 Å². The summed E-state index contributed by atoms with van der Waals surface area (Å²) in [7, 11) is 4.22. The summed E-state index contributed by atoms with van der Waals surface area (Å²) in [5.74, 6) is 1.50. The molecule has 0 spiro atoms. The molecule has 7 nitrogen and oxygen atoms in total. The van der Waals surface area contributed by atoms with Crippen molar-refractivity contribution in [1.29, 1.82) is 0 Å². The quantitative estimate of drug-likeness (QED) is 0.0371. The number of carbonyl (C=O) groups excluding carboxylic acids is 2. The smallest absolute Gasteiger partial charge is 0.305 e. The summed E-state index contributed by atoms with van der Waals surface area (Å²) in [6.45, 7) is 14.6. The lowest BCUT2D eigenvalue weighted by atomic mass is 9.95. The van der Waals surface area contributed by atoms with E-state index in [1.807, 2.05) is 0 Å². The minimum absolute atomic E-state index is 0.00975. The number of hydrogen-bond donors (Lipinski definition) is 1. The normalized spacial score (nSPS) is 13.4. The van der Waals surface area contributed by atoms with Gasteiger partial charge in [-0.1, -0.05) is 272 Å². The van der Waals surface area contributed by atoms with E-state index in [1.165, 1.54) is 250 Å². The van der Waals surface area contributed by atoms with Crippen molar-refractivity contribution < 1.29 is 24.2 Å². The average molecular weight is 1050 g/mol. The number of nitrogens with zero attached hydrogens (tertiary/aromatic N) is 2. The van der Waals surface area contributed by atoms with Crippen LogP contribution in [0.25, 0.3) is 0 Å². The first-order chi connectivity index (χ1) is 36.2. The van der Waals surface area contributed by atoms with E-state index in [9.17, 15) is 14.7 Å². The zero-order chi connectivity index (χ0) is 54.2. The Bertz CT molecular complexity index is 1130. The van der Waals surface area contributed by atoms with E-state index in [-0.39, 0.29) is 5.97 Å². The van der Waals surface area contributed by atoms with Crippen molar-refractivity contribution in [2.75, 3.05) is 40.4 Å². The molecule has 0 aromatic heterocycles. The maximum Gasteiger partial charge on any atom is 0.305 e. The Morgan fingerprint density at radius 2 is 0.703 bits per heavy atom. The fourth-order valence-corrected chi connectivity index (χ4v) is 11.2. The molecule has 0 aromatic rings.